The Kier molecular flexibility index (Phi) is 4.88. The molecule has 138 valence electrons. The van der Waals surface area contributed by atoms with Gasteiger partial charge in [0, 0.05) is 24.9 Å². The van der Waals surface area contributed by atoms with Gasteiger partial charge in [-0.2, -0.15) is 5.10 Å². The largest absolute Gasteiger partial charge is 0.465 e. The topological polar surface area (TPSA) is 64.9 Å². The molecule has 0 unspecified atom stereocenters. The van der Waals surface area contributed by atoms with Gasteiger partial charge in [0.25, 0.3) is 0 Å². The van der Waals surface area contributed by atoms with E-state index in [1.54, 1.807) is 6.20 Å². The Bertz CT molecular complexity index is 826. The van der Waals surface area contributed by atoms with Crippen molar-refractivity contribution in [3.05, 3.63) is 53.8 Å². The minimum atomic E-state index is 0.475. The van der Waals surface area contributed by atoms with Crippen LogP contribution < -0.4 is 0 Å². The second-order valence-corrected chi connectivity index (χ2v) is 6.99. The van der Waals surface area contributed by atoms with Crippen molar-refractivity contribution in [2.24, 2.45) is 0 Å². The molecule has 1 saturated heterocycles. The molecule has 0 aliphatic carbocycles. The lowest BCUT2D eigenvalue weighted by atomic mass is 9.95. The summed E-state index contributed by atoms with van der Waals surface area (Å²) in [5, 5.41) is 13.3. The van der Waals surface area contributed by atoms with E-state index in [0.717, 1.165) is 62.2 Å². The van der Waals surface area contributed by atoms with Gasteiger partial charge in [-0.1, -0.05) is 0 Å². The Morgan fingerprint density at radius 1 is 1.15 bits per heavy atom. The quantitative estimate of drug-likeness (QED) is 0.681. The van der Waals surface area contributed by atoms with E-state index in [1.165, 1.54) is 0 Å². The number of aromatic nitrogens is 5. The summed E-state index contributed by atoms with van der Waals surface area (Å²) < 4.78 is 9.87. The summed E-state index contributed by atoms with van der Waals surface area (Å²) in [6, 6.07) is 6.05. The molecule has 26 heavy (non-hydrogen) atoms. The molecular formula is C19H26N6O. The van der Waals surface area contributed by atoms with Gasteiger partial charge in [-0.3, -0.25) is 9.58 Å². The molecule has 0 N–H and O–H groups in total. The number of likely N-dealkylation sites (tertiary alicyclic amines) is 1. The molecule has 0 bridgehead atoms. The van der Waals surface area contributed by atoms with E-state index < -0.39 is 0 Å². The maximum absolute atomic E-state index is 5.71. The van der Waals surface area contributed by atoms with Crippen LogP contribution in [0.25, 0.3) is 0 Å². The molecule has 0 spiro atoms. The molecule has 3 aromatic rings. The van der Waals surface area contributed by atoms with Gasteiger partial charge >= 0.3 is 0 Å². The molecule has 3 aromatic heterocycles. The zero-order valence-corrected chi connectivity index (χ0v) is 15.5. The Morgan fingerprint density at radius 3 is 2.65 bits per heavy atom. The fourth-order valence-electron chi connectivity index (χ4n) is 3.79. The van der Waals surface area contributed by atoms with E-state index in [9.17, 15) is 0 Å². The fourth-order valence-corrected chi connectivity index (χ4v) is 3.79. The van der Waals surface area contributed by atoms with E-state index in [0.29, 0.717) is 12.5 Å². The van der Waals surface area contributed by atoms with Gasteiger partial charge in [0.15, 0.2) is 5.82 Å². The van der Waals surface area contributed by atoms with Crippen LogP contribution in [0.4, 0.5) is 0 Å². The van der Waals surface area contributed by atoms with Crippen molar-refractivity contribution in [1.82, 2.24) is 29.4 Å². The fraction of sp³-hybridized carbons (Fsp3) is 0.526. The predicted octanol–water partition coefficient (Wildman–Crippen LogP) is 2.82. The van der Waals surface area contributed by atoms with Gasteiger partial charge in [0.05, 0.1) is 6.54 Å². The predicted molar refractivity (Wildman–Crippen MR) is 97.7 cm³/mol. The summed E-state index contributed by atoms with van der Waals surface area (Å²) >= 11 is 0. The summed E-state index contributed by atoms with van der Waals surface area (Å²) in [5.74, 6) is 4.63. The van der Waals surface area contributed by atoms with Crippen LogP contribution in [0, 0.1) is 6.92 Å². The molecule has 7 heteroatoms. The number of aryl methyl sites for hydroxylation is 1. The van der Waals surface area contributed by atoms with Crippen molar-refractivity contribution >= 4 is 0 Å². The lowest BCUT2D eigenvalue weighted by Crippen LogP contribution is -2.33. The normalized spacial score (nSPS) is 16.4. The van der Waals surface area contributed by atoms with Crippen LogP contribution in [0.1, 0.15) is 48.9 Å². The molecule has 1 aliphatic rings. The van der Waals surface area contributed by atoms with E-state index in [4.69, 9.17) is 4.42 Å². The van der Waals surface area contributed by atoms with Crippen molar-refractivity contribution in [2.45, 2.75) is 52.2 Å². The number of hydrogen-bond donors (Lipinski definition) is 0. The highest BCUT2D eigenvalue weighted by Gasteiger charge is 2.26. The Labute approximate surface area is 153 Å². The maximum atomic E-state index is 5.71. The van der Waals surface area contributed by atoms with Crippen LogP contribution in [0.5, 0.6) is 0 Å². The summed E-state index contributed by atoms with van der Waals surface area (Å²) in [6.07, 6.45) is 5.98. The van der Waals surface area contributed by atoms with Gasteiger partial charge in [-0.25, -0.2) is 0 Å². The number of rotatable bonds is 6. The van der Waals surface area contributed by atoms with E-state index in [2.05, 4.69) is 37.8 Å². The summed E-state index contributed by atoms with van der Waals surface area (Å²) in [6.45, 7) is 8.74. The molecule has 4 rings (SSSR count). The highest BCUT2D eigenvalue weighted by molar-refractivity contribution is 5.07. The third kappa shape index (κ3) is 3.58. The van der Waals surface area contributed by atoms with Gasteiger partial charge in [-0.05, 0) is 58.0 Å². The number of nitrogens with zero attached hydrogens (tertiary/aromatic N) is 6. The first kappa shape index (κ1) is 17.0. The van der Waals surface area contributed by atoms with Gasteiger partial charge in [0.2, 0.25) is 0 Å². The van der Waals surface area contributed by atoms with Crippen molar-refractivity contribution in [2.75, 3.05) is 13.1 Å². The van der Waals surface area contributed by atoms with Crippen molar-refractivity contribution < 1.29 is 4.42 Å². The summed E-state index contributed by atoms with van der Waals surface area (Å²) in [4.78, 5) is 2.46. The van der Waals surface area contributed by atoms with Crippen molar-refractivity contribution in [3.63, 3.8) is 0 Å². The second kappa shape index (κ2) is 7.45. The van der Waals surface area contributed by atoms with Crippen LogP contribution in [-0.4, -0.2) is 42.5 Å². The lowest BCUT2D eigenvalue weighted by molar-refractivity contribution is 0.186. The third-order valence-corrected chi connectivity index (χ3v) is 5.16. The Balaban J connectivity index is 1.40. The van der Waals surface area contributed by atoms with Crippen LogP contribution in [0.3, 0.4) is 0 Å². The first-order valence-electron chi connectivity index (χ1n) is 9.40. The number of hydrogen-bond acceptors (Lipinski definition) is 5. The molecule has 0 amide bonds. The molecule has 0 aromatic carbocycles. The second-order valence-electron chi connectivity index (χ2n) is 6.99. The standard InChI is InChI=1S/C19H26N6O/c1-3-25-18(14-24-10-4-9-20-24)21-22-19(25)16-7-11-23(12-8-16)13-17-6-5-15(2)26-17/h4-6,9-10,16H,3,7-8,11-14H2,1-2H3. The van der Waals surface area contributed by atoms with Gasteiger partial charge in [-0.15, -0.1) is 10.2 Å². The van der Waals surface area contributed by atoms with Gasteiger partial charge < -0.3 is 8.98 Å². The molecular weight excluding hydrogens is 328 g/mol. The van der Waals surface area contributed by atoms with Crippen LogP contribution in [0.2, 0.25) is 0 Å². The van der Waals surface area contributed by atoms with Crippen LogP contribution >= 0.6 is 0 Å². The summed E-state index contributed by atoms with van der Waals surface area (Å²) in [5.41, 5.74) is 0. The van der Waals surface area contributed by atoms with E-state index >= 15 is 0 Å². The average Bonchev–Trinajstić information content (AvgIpc) is 3.38. The highest BCUT2D eigenvalue weighted by atomic mass is 16.3. The minimum Gasteiger partial charge on any atom is -0.465 e. The van der Waals surface area contributed by atoms with E-state index in [-0.39, 0.29) is 0 Å². The van der Waals surface area contributed by atoms with Crippen LogP contribution in [0.15, 0.2) is 35.0 Å². The number of furan rings is 1. The maximum Gasteiger partial charge on any atom is 0.154 e. The first-order chi connectivity index (χ1) is 12.7. The van der Waals surface area contributed by atoms with Crippen molar-refractivity contribution in [1.29, 1.82) is 0 Å². The first-order valence-corrected chi connectivity index (χ1v) is 9.40. The lowest BCUT2D eigenvalue weighted by Gasteiger charge is -2.31. The molecule has 4 heterocycles. The Hall–Kier alpha value is -2.41. The molecule has 1 fully saturated rings. The van der Waals surface area contributed by atoms with Crippen LogP contribution in [-0.2, 0) is 19.6 Å². The Morgan fingerprint density at radius 2 is 2.00 bits per heavy atom. The molecule has 0 atom stereocenters. The molecule has 0 saturated carbocycles. The minimum absolute atomic E-state index is 0.475. The van der Waals surface area contributed by atoms with Crippen molar-refractivity contribution in [3.8, 4) is 0 Å². The highest BCUT2D eigenvalue weighted by Crippen LogP contribution is 2.28. The molecule has 7 nitrogen and oxygen atoms in total. The summed E-state index contributed by atoms with van der Waals surface area (Å²) in [7, 11) is 0. The average molecular weight is 354 g/mol. The third-order valence-electron chi connectivity index (χ3n) is 5.16. The monoisotopic (exact) mass is 354 g/mol. The zero-order chi connectivity index (χ0) is 17.9. The zero-order valence-electron chi connectivity index (χ0n) is 15.5. The van der Waals surface area contributed by atoms with Gasteiger partial charge in [0.1, 0.15) is 23.9 Å². The molecule has 0 radical (unpaired) electrons. The SMILES string of the molecule is CCn1c(Cn2cccn2)nnc1C1CCN(Cc2ccc(C)o2)CC1. The van der Waals surface area contributed by atoms with E-state index in [1.807, 2.05) is 29.9 Å². The smallest absolute Gasteiger partial charge is 0.154 e. The number of piperidine rings is 1. The molecule has 1 aliphatic heterocycles.